The maximum Gasteiger partial charge on any atom is 0.274 e. The third kappa shape index (κ3) is 4.47. The van der Waals surface area contributed by atoms with Crippen molar-refractivity contribution in [2.24, 2.45) is 5.92 Å². The first kappa shape index (κ1) is 15.9. The summed E-state index contributed by atoms with van der Waals surface area (Å²) in [5.74, 6) is 0.136. The first-order valence-electron chi connectivity index (χ1n) is 7.46. The molecule has 0 aromatic heterocycles. The maximum absolute atomic E-state index is 13.4. The van der Waals surface area contributed by atoms with Gasteiger partial charge in [-0.1, -0.05) is 6.92 Å². The van der Waals surface area contributed by atoms with Crippen LogP contribution in [0.4, 0.5) is 10.1 Å². The van der Waals surface area contributed by atoms with Crippen molar-refractivity contribution in [3.8, 4) is 0 Å². The van der Waals surface area contributed by atoms with Gasteiger partial charge < -0.3 is 5.32 Å². The van der Waals surface area contributed by atoms with Gasteiger partial charge in [-0.3, -0.25) is 15.0 Å². The molecule has 1 aromatic carbocycles. The molecule has 0 bridgehead atoms. The van der Waals surface area contributed by atoms with Crippen molar-refractivity contribution >= 4 is 5.69 Å². The highest BCUT2D eigenvalue weighted by Gasteiger charge is 2.20. The minimum atomic E-state index is -0.440. The van der Waals surface area contributed by atoms with E-state index in [-0.39, 0.29) is 5.69 Å². The molecule has 21 heavy (non-hydrogen) atoms. The average Bonchev–Trinajstić information content (AvgIpc) is 2.47. The third-order valence-corrected chi connectivity index (χ3v) is 3.99. The van der Waals surface area contributed by atoms with Gasteiger partial charge in [0.2, 0.25) is 0 Å². The number of nitro benzene ring substituents is 1. The van der Waals surface area contributed by atoms with Crippen molar-refractivity contribution < 1.29 is 9.31 Å². The highest BCUT2D eigenvalue weighted by atomic mass is 19.1. The minimum Gasteiger partial charge on any atom is -0.316 e. The Bertz CT molecular complexity index is 490. The van der Waals surface area contributed by atoms with Gasteiger partial charge in [0, 0.05) is 24.7 Å². The van der Waals surface area contributed by atoms with Crippen molar-refractivity contribution in [2.75, 3.05) is 26.2 Å². The maximum atomic E-state index is 13.4. The van der Waals surface area contributed by atoms with Crippen molar-refractivity contribution in [1.82, 2.24) is 10.2 Å². The van der Waals surface area contributed by atoms with Crippen LogP contribution in [0, 0.1) is 21.8 Å². The first-order valence-corrected chi connectivity index (χ1v) is 7.46. The van der Waals surface area contributed by atoms with Gasteiger partial charge in [-0.15, -0.1) is 0 Å². The van der Waals surface area contributed by atoms with Crippen LogP contribution in [0.1, 0.15) is 25.3 Å². The number of hydrogen-bond acceptors (Lipinski definition) is 4. The molecule has 0 amide bonds. The molecule has 116 valence electrons. The summed E-state index contributed by atoms with van der Waals surface area (Å²) in [5.41, 5.74) is 0.447. The Hall–Kier alpha value is -1.53. The van der Waals surface area contributed by atoms with Gasteiger partial charge >= 0.3 is 0 Å². The van der Waals surface area contributed by atoms with E-state index in [2.05, 4.69) is 10.2 Å². The summed E-state index contributed by atoms with van der Waals surface area (Å²) in [5, 5.41) is 14.4. The van der Waals surface area contributed by atoms with Crippen molar-refractivity contribution in [2.45, 2.75) is 26.3 Å². The Kier molecular flexibility index (Phi) is 5.64. The predicted molar refractivity (Wildman–Crippen MR) is 79.6 cm³/mol. The van der Waals surface area contributed by atoms with Crippen LogP contribution in [0.25, 0.3) is 0 Å². The summed E-state index contributed by atoms with van der Waals surface area (Å²) in [6.07, 6.45) is 2.34. The lowest BCUT2D eigenvalue weighted by molar-refractivity contribution is -0.385. The molecule has 1 atom stereocenters. The highest BCUT2D eigenvalue weighted by Crippen LogP contribution is 2.22. The molecule has 5 nitrogen and oxygen atoms in total. The monoisotopic (exact) mass is 295 g/mol. The van der Waals surface area contributed by atoms with Gasteiger partial charge in [0.05, 0.1) is 4.92 Å². The molecule has 1 aromatic rings. The van der Waals surface area contributed by atoms with E-state index in [0.29, 0.717) is 18.0 Å². The molecule has 0 saturated carbocycles. The van der Waals surface area contributed by atoms with E-state index in [1.807, 2.05) is 6.92 Å². The molecule has 1 aliphatic rings. The second-order valence-corrected chi connectivity index (χ2v) is 5.57. The molecule has 1 saturated heterocycles. The van der Waals surface area contributed by atoms with Gasteiger partial charge in [0.15, 0.2) is 0 Å². The molecular formula is C15H22FN3O2. The summed E-state index contributed by atoms with van der Waals surface area (Å²) in [6, 6.07) is 3.67. The SMILES string of the molecule is CCN(Cc1cc(F)ccc1[N+](=O)[O-])CC1CCCNC1. The number of nitro groups is 1. The third-order valence-electron chi connectivity index (χ3n) is 3.99. The number of piperidine rings is 1. The molecule has 2 rings (SSSR count). The summed E-state index contributed by atoms with van der Waals surface area (Å²) >= 11 is 0. The van der Waals surface area contributed by atoms with Gasteiger partial charge in [-0.2, -0.15) is 0 Å². The normalized spacial score (nSPS) is 18.9. The fourth-order valence-electron chi connectivity index (χ4n) is 2.85. The van der Waals surface area contributed by atoms with Crippen molar-refractivity contribution in [3.05, 3.63) is 39.7 Å². The summed E-state index contributed by atoms with van der Waals surface area (Å²) in [6.45, 7) is 6.18. The number of benzene rings is 1. The van der Waals surface area contributed by atoms with Gasteiger partial charge in [-0.25, -0.2) is 4.39 Å². The zero-order valence-corrected chi connectivity index (χ0v) is 12.3. The minimum absolute atomic E-state index is 0.00313. The van der Waals surface area contributed by atoms with Crippen LogP contribution in [0.5, 0.6) is 0 Å². The van der Waals surface area contributed by atoms with Crippen molar-refractivity contribution in [3.63, 3.8) is 0 Å². The van der Waals surface area contributed by atoms with E-state index in [1.54, 1.807) is 0 Å². The summed E-state index contributed by atoms with van der Waals surface area (Å²) in [4.78, 5) is 12.8. The zero-order valence-electron chi connectivity index (χ0n) is 12.3. The van der Waals surface area contributed by atoms with E-state index in [4.69, 9.17) is 0 Å². The van der Waals surface area contributed by atoms with Crippen LogP contribution < -0.4 is 5.32 Å². The van der Waals surface area contributed by atoms with Crippen LogP contribution in [0.2, 0.25) is 0 Å². The van der Waals surface area contributed by atoms with Gasteiger partial charge in [0.25, 0.3) is 5.69 Å². The fourth-order valence-corrected chi connectivity index (χ4v) is 2.85. The lowest BCUT2D eigenvalue weighted by atomic mass is 9.99. The Morgan fingerprint density at radius 2 is 2.33 bits per heavy atom. The average molecular weight is 295 g/mol. The Labute approximate surface area is 124 Å². The zero-order chi connectivity index (χ0) is 15.2. The van der Waals surface area contributed by atoms with Crippen LogP contribution in [0.15, 0.2) is 18.2 Å². The molecule has 6 heteroatoms. The number of rotatable bonds is 6. The van der Waals surface area contributed by atoms with Crippen LogP contribution in [0.3, 0.4) is 0 Å². The molecule has 0 radical (unpaired) electrons. The van der Waals surface area contributed by atoms with Crippen LogP contribution >= 0.6 is 0 Å². The van der Waals surface area contributed by atoms with Crippen molar-refractivity contribution in [1.29, 1.82) is 0 Å². The Morgan fingerprint density at radius 1 is 1.52 bits per heavy atom. The lowest BCUT2D eigenvalue weighted by Crippen LogP contribution is -2.38. The number of hydrogen-bond donors (Lipinski definition) is 1. The van der Waals surface area contributed by atoms with Crippen LogP contribution in [-0.4, -0.2) is 36.0 Å². The molecule has 1 fully saturated rings. The molecule has 1 aliphatic heterocycles. The molecule has 1 N–H and O–H groups in total. The number of halogens is 1. The largest absolute Gasteiger partial charge is 0.316 e. The molecule has 1 heterocycles. The first-order chi connectivity index (χ1) is 10.1. The standard InChI is InChI=1S/C15H22FN3O2/c1-2-18(10-12-4-3-7-17-9-12)11-13-8-14(16)5-6-15(13)19(20)21/h5-6,8,12,17H,2-4,7,9-11H2,1H3. The van der Waals surface area contributed by atoms with Gasteiger partial charge in [0.1, 0.15) is 5.82 Å². The van der Waals surface area contributed by atoms with Gasteiger partial charge in [-0.05, 0) is 50.5 Å². The smallest absolute Gasteiger partial charge is 0.274 e. The lowest BCUT2D eigenvalue weighted by Gasteiger charge is -2.29. The molecular weight excluding hydrogens is 273 g/mol. The second-order valence-electron chi connectivity index (χ2n) is 5.57. The molecule has 0 spiro atoms. The Balaban J connectivity index is 2.06. The molecule has 1 unspecified atom stereocenters. The number of nitrogens with zero attached hydrogens (tertiary/aromatic N) is 2. The molecule has 0 aliphatic carbocycles. The summed E-state index contributed by atoms with van der Waals surface area (Å²) < 4.78 is 13.4. The van der Waals surface area contributed by atoms with E-state index in [0.717, 1.165) is 32.2 Å². The van der Waals surface area contributed by atoms with E-state index >= 15 is 0 Å². The highest BCUT2D eigenvalue weighted by molar-refractivity contribution is 5.40. The summed E-state index contributed by atoms with van der Waals surface area (Å²) in [7, 11) is 0. The topological polar surface area (TPSA) is 58.4 Å². The Morgan fingerprint density at radius 3 is 2.95 bits per heavy atom. The van der Waals surface area contributed by atoms with E-state index < -0.39 is 10.7 Å². The van der Waals surface area contributed by atoms with E-state index in [1.165, 1.54) is 25.0 Å². The fraction of sp³-hybridized carbons (Fsp3) is 0.600. The van der Waals surface area contributed by atoms with Crippen LogP contribution in [-0.2, 0) is 6.54 Å². The predicted octanol–water partition coefficient (Wildman–Crippen LogP) is 2.56. The van der Waals surface area contributed by atoms with E-state index in [9.17, 15) is 14.5 Å². The second kappa shape index (κ2) is 7.47. The quantitative estimate of drug-likeness (QED) is 0.647. The number of nitrogens with one attached hydrogen (secondary N) is 1.